The monoisotopic (exact) mass is 371 g/mol. The number of nitrogens with zero attached hydrogens (tertiary/aromatic N) is 2. The Balaban J connectivity index is 2.10. The van der Waals surface area contributed by atoms with Gasteiger partial charge in [-0.15, -0.1) is 0 Å². The van der Waals surface area contributed by atoms with Gasteiger partial charge in [-0.05, 0) is 24.5 Å². The zero-order chi connectivity index (χ0) is 20.2. The number of ketones is 1. The van der Waals surface area contributed by atoms with E-state index in [2.05, 4.69) is 15.3 Å². The van der Waals surface area contributed by atoms with Gasteiger partial charge in [-0.25, -0.2) is 4.98 Å². The van der Waals surface area contributed by atoms with Crippen molar-refractivity contribution in [2.75, 3.05) is 0 Å². The molecule has 8 heteroatoms. The van der Waals surface area contributed by atoms with Crippen molar-refractivity contribution in [1.82, 2.24) is 15.3 Å². The summed E-state index contributed by atoms with van der Waals surface area (Å²) in [6, 6.07) is 7.24. The number of benzene rings is 1. The first kappa shape index (κ1) is 21.0. The van der Waals surface area contributed by atoms with Crippen LogP contribution >= 0.6 is 0 Å². The fourth-order valence-corrected chi connectivity index (χ4v) is 2.79. The van der Waals surface area contributed by atoms with Crippen molar-refractivity contribution in [3.8, 4) is 0 Å². The third kappa shape index (κ3) is 5.58. The molecular weight excluding hydrogens is 345 g/mol. The number of hydrogen-bond donors (Lipinski definition) is 3. The van der Waals surface area contributed by atoms with Crippen LogP contribution in [0.3, 0.4) is 0 Å². The number of aromatic nitrogens is 2. The second kappa shape index (κ2) is 8.58. The van der Waals surface area contributed by atoms with Crippen LogP contribution in [0.15, 0.2) is 30.5 Å². The summed E-state index contributed by atoms with van der Waals surface area (Å²) in [6.45, 7) is 7.14. The summed E-state index contributed by atoms with van der Waals surface area (Å²) in [7, 11) is -1.66. The molecule has 0 fully saturated rings. The van der Waals surface area contributed by atoms with Gasteiger partial charge >= 0.3 is 7.12 Å². The van der Waals surface area contributed by atoms with Gasteiger partial charge in [-0.2, -0.15) is 0 Å². The molecule has 0 bridgehead atoms. The van der Waals surface area contributed by atoms with Crippen LogP contribution in [0.1, 0.15) is 51.0 Å². The third-order valence-electron chi connectivity index (χ3n) is 4.35. The Kier molecular flexibility index (Phi) is 6.67. The number of para-hydroxylation sites is 2. The van der Waals surface area contributed by atoms with Crippen LogP contribution in [0.4, 0.5) is 0 Å². The lowest BCUT2D eigenvalue weighted by molar-refractivity contribution is -0.129. The maximum Gasteiger partial charge on any atom is 0.475 e. The molecule has 0 aliphatic carbocycles. The largest absolute Gasteiger partial charge is 0.475 e. The van der Waals surface area contributed by atoms with Gasteiger partial charge in [-0.3, -0.25) is 14.6 Å². The van der Waals surface area contributed by atoms with Crippen molar-refractivity contribution in [2.45, 2.75) is 46.5 Å². The highest BCUT2D eigenvalue weighted by atomic mass is 16.4. The quantitative estimate of drug-likeness (QED) is 0.482. The number of fused-ring (bicyclic) bond motifs is 1. The van der Waals surface area contributed by atoms with Crippen LogP contribution in [-0.2, 0) is 4.79 Å². The lowest BCUT2D eigenvalue weighted by Gasteiger charge is -2.27. The Hall–Kier alpha value is -2.32. The SMILES string of the molecule is CC(C)CC(NC(=O)C(C)(C)CC(=O)c1cnc2ccccc2n1)B(O)O. The van der Waals surface area contributed by atoms with E-state index < -0.39 is 24.4 Å². The van der Waals surface area contributed by atoms with E-state index in [0.717, 1.165) is 0 Å². The van der Waals surface area contributed by atoms with Gasteiger partial charge < -0.3 is 15.4 Å². The molecule has 7 nitrogen and oxygen atoms in total. The normalized spacial score (nSPS) is 12.9. The van der Waals surface area contributed by atoms with E-state index in [9.17, 15) is 19.6 Å². The zero-order valence-electron chi connectivity index (χ0n) is 16.1. The van der Waals surface area contributed by atoms with Crippen molar-refractivity contribution in [2.24, 2.45) is 11.3 Å². The lowest BCUT2D eigenvalue weighted by Crippen LogP contribution is -2.51. The molecule has 1 amide bonds. The summed E-state index contributed by atoms with van der Waals surface area (Å²) in [4.78, 5) is 33.8. The maximum atomic E-state index is 12.6. The van der Waals surface area contributed by atoms with E-state index in [1.54, 1.807) is 19.9 Å². The molecule has 27 heavy (non-hydrogen) atoms. The number of hydrogen-bond acceptors (Lipinski definition) is 6. The van der Waals surface area contributed by atoms with Gasteiger partial charge in [0.05, 0.1) is 28.6 Å². The zero-order valence-corrected chi connectivity index (χ0v) is 16.1. The van der Waals surface area contributed by atoms with Crippen LogP contribution in [0.5, 0.6) is 0 Å². The minimum absolute atomic E-state index is 0.0677. The molecular formula is C19H26BN3O4. The van der Waals surface area contributed by atoms with E-state index in [1.807, 2.05) is 32.0 Å². The van der Waals surface area contributed by atoms with Crippen LogP contribution in [0.2, 0.25) is 0 Å². The number of carbonyl (C=O) groups is 2. The van der Waals surface area contributed by atoms with Crippen molar-refractivity contribution in [3.05, 3.63) is 36.2 Å². The Labute approximate surface area is 159 Å². The van der Waals surface area contributed by atoms with E-state index in [0.29, 0.717) is 17.5 Å². The molecule has 2 aromatic rings. The molecule has 0 aliphatic rings. The smallest absolute Gasteiger partial charge is 0.426 e. The molecule has 0 aliphatic heterocycles. The molecule has 0 saturated carbocycles. The number of Topliss-reactive ketones (excluding diaryl/α,β-unsaturated/α-hetero) is 1. The Morgan fingerprint density at radius 1 is 1.19 bits per heavy atom. The van der Waals surface area contributed by atoms with E-state index >= 15 is 0 Å². The van der Waals surface area contributed by atoms with E-state index in [-0.39, 0.29) is 23.8 Å². The number of amides is 1. The highest BCUT2D eigenvalue weighted by Gasteiger charge is 2.35. The fraction of sp³-hybridized carbons (Fsp3) is 0.474. The van der Waals surface area contributed by atoms with Gasteiger partial charge in [0.1, 0.15) is 5.69 Å². The van der Waals surface area contributed by atoms with E-state index in [1.165, 1.54) is 6.20 Å². The molecule has 3 N–H and O–H groups in total. The molecule has 1 aromatic carbocycles. The van der Waals surface area contributed by atoms with Crippen molar-refractivity contribution in [3.63, 3.8) is 0 Å². The van der Waals surface area contributed by atoms with Crippen LogP contribution in [-0.4, -0.2) is 44.8 Å². The van der Waals surface area contributed by atoms with Crippen LogP contribution in [0.25, 0.3) is 11.0 Å². The molecule has 144 valence electrons. The van der Waals surface area contributed by atoms with E-state index in [4.69, 9.17) is 0 Å². The summed E-state index contributed by atoms with van der Waals surface area (Å²) in [5, 5.41) is 21.6. The fourth-order valence-electron chi connectivity index (χ4n) is 2.79. The molecule has 1 heterocycles. The van der Waals surface area contributed by atoms with Gasteiger partial charge in [0.25, 0.3) is 0 Å². The molecule has 1 atom stereocenters. The molecule has 0 radical (unpaired) electrons. The Morgan fingerprint density at radius 3 is 2.41 bits per heavy atom. The molecule has 1 aromatic heterocycles. The minimum atomic E-state index is -1.66. The Bertz CT molecular complexity index is 823. The number of carbonyl (C=O) groups excluding carboxylic acids is 2. The van der Waals surface area contributed by atoms with Gasteiger partial charge in [0.2, 0.25) is 5.91 Å². The summed E-state index contributed by atoms with van der Waals surface area (Å²) < 4.78 is 0. The van der Waals surface area contributed by atoms with Crippen molar-refractivity contribution >= 4 is 29.8 Å². The summed E-state index contributed by atoms with van der Waals surface area (Å²) >= 11 is 0. The first-order valence-corrected chi connectivity index (χ1v) is 9.02. The van der Waals surface area contributed by atoms with Gasteiger partial charge in [0.15, 0.2) is 5.78 Å². The predicted octanol–water partition coefficient (Wildman–Crippen LogP) is 1.77. The van der Waals surface area contributed by atoms with Crippen LogP contribution < -0.4 is 5.32 Å². The number of nitrogens with one attached hydrogen (secondary N) is 1. The Morgan fingerprint density at radius 2 is 1.81 bits per heavy atom. The highest BCUT2D eigenvalue weighted by molar-refractivity contribution is 6.43. The molecule has 0 saturated heterocycles. The lowest BCUT2D eigenvalue weighted by atomic mass is 9.74. The standard InChI is InChI=1S/C19H26BN3O4/c1-12(2)9-17(20(26)27)23-18(25)19(3,4)10-16(24)15-11-21-13-7-5-6-8-14(13)22-15/h5-8,11-12,17,26-27H,9-10H2,1-4H3,(H,23,25). The summed E-state index contributed by atoms with van der Waals surface area (Å²) in [5.41, 5.74) is 0.482. The topological polar surface area (TPSA) is 112 Å². The second-order valence-corrected chi connectivity index (χ2v) is 7.85. The van der Waals surface area contributed by atoms with Crippen LogP contribution in [0, 0.1) is 11.3 Å². The average molecular weight is 371 g/mol. The average Bonchev–Trinajstić information content (AvgIpc) is 2.59. The van der Waals surface area contributed by atoms with Crippen molar-refractivity contribution in [1.29, 1.82) is 0 Å². The maximum absolute atomic E-state index is 12.6. The second-order valence-electron chi connectivity index (χ2n) is 7.85. The first-order valence-electron chi connectivity index (χ1n) is 9.02. The first-order chi connectivity index (χ1) is 12.6. The summed E-state index contributed by atoms with van der Waals surface area (Å²) in [6.07, 6.45) is 1.77. The van der Waals surface area contributed by atoms with Gasteiger partial charge in [0, 0.05) is 6.42 Å². The molecule has 1 unspecified atom stereocenters. The summed E-state index contributed by atoms with van der Waals surface area (Å²) in [5.74, 6) is -1.32. The van der Waals surface area contributed by atoms with Gasteiger partial charge in [-0.1, -0.05) is 39.8 Å². The highest BCUT2D eigenvalue weighted by Crippen LogP contribution is 2.24. The predicted molar refractivity (Wildman–Crippen MR) is 104 cm³/mol. The molecule has 2 rings (SSSR count). The molecule has 0 spiro atoms. The number of rotatable bonds is 8. The third-order valence-corrected chi connectivity index (χ3v) is 4.35. The van der Waals surface area contributed by atoms with Crippen molar-refractivity contribution < 1.29 is 19.6 Å². The minimum Gasteiger partial charge on any atom is -0.426 e.